The maximum Gasteiger partial charge on any atom is 0.219 e. The zero-order valence-electron chi connectivity index (χ0n) is 25.2. The molecule has 0 bridgehead atoms. The predicted octanol–water partition coefficient (Wildman–Crippen LogP) is 6.53. The number of fused-ring (bicyclic) bond motifs is 1. The topological polar surface area (TPSA) is 73.2 Å². The highest BCUT2D eigenvalue weighted by Gasteiger charge is 2.38. The third-order valence-electron chi connectivity index (χ3n) is 9.09. The first-order valence-corrected chi connectivity index (χ1v) is 15.5. The number of amides is 1. The summed E-state index contributed by atoms with van der Waals surface area (Å²) >= 11 is 6.38. The minimum Gasteiger partial charge on any atom is -0.491 e. The molecule has 1 aliphatic heterocycles. The molecule has 0 aromatic heterocycles. The molecule has 224 valence electrons. The van der Waals surface area contributed by atoms with Gasteiger partial charge < -0.3 is 24.7 Å². The maximum atomic E-state index is 11.6. The third kappa shape index (κ3) is 7.65. The van der Waals surface area contributed by atoms with Crippen LogP contribution in [0.15, 0.2) is 48.6 Å². The van der Waals surface area contributed by atoms with Gasteiger partial charge in [0.2, 0.25) is 5.91 Å². The van der Waals surface area contributed by atoms with Crippen LogP contribution in [0.5, 0.6) is 5.75 Å². The van der Waals surface area contributed by atoms with Crippen molar-refractivity contribution in [2.75, 3.05) is 31.6 Å². The number of aryl methyl sites for hydroxylation is 1. The van der Waals surface area contributed by atoms with E-state index in [2.05, 4.69) is 30.0 Å². The molecule has 4 rings (SSSR count). The van der Waals surface area contributed by atoms with Gasteiger partial charge in [-0.25, -0.2) is 0 Å². The fourth-order valence-corrected chi connectivity index (χ4v) is 6.37. The van der Waals surface area contributed by atoms with E-state index in [0.29, 0.717) is 18.9 Å². The van der Waals surface area contributed by atoms with Crippen molar-refractivity contribution in [1.82, 2.24) is 4.90 Å². The third-order valence-corrected chi connectivity index (χ3v) is 9.32. The Morgan fingerprint density at radius 2 is 1.98 bits per heavy atom. The summed E-state index contributed by atoms with van der Waals surface area (Å²) in [7, 11) is 1.81. The number of rotatable bonds is 11. The van der Waals surface area contributed by atoms with Gasteiger partial charge in [-0.1, -0.05) is 49.2 Å². The van der Waals surface area contributed by atoms with E-state index in [4.69, 9.17) is 16.3 Å². The Kier molecular flexibility index (Phi) is 10.8. The Morgan fingerprint density at radius 3 is 2.63 bits per heavy atom. The highest BCUT2D eigenvalue weighted by molar-refractivity contribution is 6.30. The van der Waals surface area contributed by atoms with Gasteiger partial charge in [-0.15, -0.1) is 0 Å². The van der Waals surface area contributed by atoms with Crippen molar-refractivity contribution >= 4 is 23.2 Å². The van der Waals surface area contributed by atoms with Crippen molar-refractivity contribution < 1.29 is 19.7 Å². The van der Waals surface area contributed by atoms with E-state index in [1.807, 2.05) is 44.3 Å². The highest BCUT2D eigenvalue weighted by Crippen LogP contribution is 2.43. The van der Waals surface area contributed by atoms with Crippen LogP contribution in [0.1, 0.15) is 82.1 Å². The van der Waals surface area contributed by atoms with Gasteiger partial charge in [0.25, 0.3) is 0 Å². The second-order valence-corrected chi connectivity index (χ2v) is 12.5. The molecule has 0 radical (unpaired) electrons. The molecule has 0 spiro atoms. The lowest BCUT2D eigenvalue weighted by Gasteiger charge is -2.42. The minimum atomic E-state index is -0.568. The van der Waals surface area contributed by atoms with Gasteiger partial charge >= 0.3 is 0 Å². The molecular weight excluding hydrogens is 536 g/mol. The van der Waals surface area contributed by atoms with E-state index in [1.165, 1.54) is 11.1 Å². The van der Waals surface area contributed by atoms with Crippen molar-refractivity contribution in [3.05, 3.63) is 70.3 Å². The highest BCUT2D eigenvalue weighted by atomic mass is 35.5. The molecule has 7 heteroatoms. The molecule has 1 aliphatic carbocycles. The number of aliphatic hydroxyl groups excluding tert-OH is 2. The number of anilines is 1. The number of benzene rings is 2. The molecule has 1 saturated carbocycles. The van der Waals surface area contributed by atoms with E-state index < -0.39 is 12.2 Å². The molecule has 6 unspecified atom stereocenters. The van der Waals surface area contributed by atoms with Gasteiger partial charge in [-0.3, -0.25) is 4.79 Å². The molecule has 2 aromatic rings. The fraction of sp³-hybridized carbons (Fsp3) is 0.559. The monoisotopic (exact) mass is 582 g/mol. The molecule has 1 fully saturated rings. The summed E-state index contributed by atoms with van der Waals surface area (Å²) in [6.45, 7) is 9.75. The molecule has 6 nitrogen and oxygen atoms in total. The van der Waals surface area contributed by atoms with Crippen LogP contribution >= 0.6 is 11.6 Å². The molecule has 1 heterocycles. The first-order chi connectivity index (χ1) is 19.6. The van der Waals surface area contributed by atoms with E-state index in [-0.39, 0.29) is 23.8 Å². The molecule has 0 saturated heterocycles. The lowest BCUT2D eigenvalue weighted by molar-refractivity contribution is -0.129. The molecule has 2 aliphatic rings. The Balaban J connectivity index is 1.54. The van der Waals surface area contributed by atoms with Crippen molar-refractivity contribution in [2.45, 2.75) is 84.0 Å². The quantitative estimate of drug-likeness (QED) is 0.295. The fourth-order valence-electron chi connectivity index (χ4n) is 6.17. The van der Waals surface area contributed by atoms with E-state index in [0.717, 1.165) is 60.8 Å². The largest absolute Gasteiger partial charge is 0.491 e. The average molecular weight is 583 g/mol. The maximum absolute atomic E-state index is 11.6. The summed E-state index contributed by atoms with van der Waals surface area (Å²) in [5.74, 6) is 1.57. The average Bonchev–Trinajstić information content (AvgIpc) is 3.09. The van der Waals surface area contributed by atoms with Crippen molar-refractivity contribution in [1.29, 1.82) is 0 Å². The second kappa shape index (κ2) is 14.1. The number of nitrogens with zero attached hydrogens (tertiary/aromatic N) is 2. The normalized spacial score (nSPS) is 22.7. The van der Waals surface area contributed by atoms with Crippen LogP contribution in [0.2, 0.25) is 5.02 Å². The molecule has 41 heavy (non-hydrogen) atoms. The van der Waals surface area contributed by atoms with Crippen molar-refractivity contribution in [3.8, 4) is 5.75 Å². The van der Waals surface area contributed by atoms with E-state index in [9.17, 15) is 15.0 Å². The Morgan fingerprint density at radius 1 is 1.20 bits per heavy atom. The molecule has 6 atom stereocenters. The van der Waals surface area contributed by atoms with Crippen LogP contribution in [-0.4, -0.2) is 59.9 Å². The van der Waals surface area contributed by atoms with Crippen LogP contribution in [-0.2, 0) is 11.2 Å². The molecule has 1 amide bonds. The van der Waals surface area contributed by atoms with Crippen LogP contribution in [0.4, 0.5) is 5.69 Å². The number of carbonyl (C=O) groups is 1. The number of hydrogen-bond donors (Lipinski definition) is 2. The standard InChI is InChI=1S/C34H47ClN2O4/c1-6-8-26-17-29(35)13-15-30(26)28-20-37(32-18-25(23(3)38)12-16-34(32)41-21-28)19-27-11-14-31(27)33(40)10-7-9-22(2)36(5)24(4)39/h7,10,12-13,15-18,22-23,27-28,31,33,38,40H,6,8-9,11,14,19-21H2,1-5H3/b10-7+. The summed E-state index contributed by atoms with van der Waals surface area (Å²) in [4.78, 5) is 15.8. The summed E-state index contributed by atoms with van der Waals surface area (Å²) < 4.78 is 6.42. The Hall–Kier alpha value is -2.54. The van der Waals surface area contributed by atoms with E-state index in [1.54, 1.807) is 18.7 Å². The number of halogens is 1. The SMILES string of the molecule is CCCc1cc(Cl)ccc1C1COc2ccc(C(C)O)cc2N(CC2CCC2C(O)/C=C/CC(C)N(C)C(C)=O)C1. The lowest BCUT2D eigenvalue weighted by atomic mass is 9.70. The number of aliphatic hydroxyl groups is 2. The molecule has 2 N–H and O–H groups in total. The van der Waals surface area contributed by atoms with Gasteiger partial charge in [0.1, 0.15) is 5.75 Å². The summed E-state index contributed by atoms with van der Waals surface area (Å²) in [6, 6.07) is 12.3. The Bertz CT molecular complexity index is 1220. The van der Waals surface area contributed by atoms with Crippen LogP contribution < -0.4 is 9.64 Å². The molecule has 2 aromatic carbocycles. The zero-order chi connectivity index (χ0) is 29.7. The van der Waals surface area contributed by atoms with Crippen molar-refractivity contribution in [3.63, 3.8) is 0 Å². The minimum absolute atomic E-state index is 0.0460. The lowest BCUT2D eigenvalue weighted by Crippen LogP contribution is -2.44. The first kappa shape index (κ1) is 31.4. The van der Waals surface area contributed by atoms with Gasteiger partial charge in [0.05, 0.1) is 24.5 Å². The van der Waals surface area contributed by atoms with Gasteiger partial charge in [-0.05, 0) is 92.3 Å². The summed E-state index contributed by atoms with van der Waals surface area (Å²) in [5.41, 5.74) is 4.43. The van der Waals surface area contributed by atoms with Crippen LogP contribution in [0.25, 0.3) is 0 Å². The van der Waals surface area contributed by atoms with E-state index >= 15 is 0 Å². The number of hydrogen-bond acceptors (Lipinski definition) is 5. The van der Waals surface area contributed by atoms with Crippen LogP contribution in [0.3, 0.4) is 0 Å². The van der Waals surface area contributed by atoms with Gasteiger partial charge in [0, 0.05) is 44.0 Å². The summed E-state index contributed by atoms with van der Waals surface area (Å²) in [5, 5.41) is 22.2. The smallest absolute Gasteiger partial charge is 0.219 e. The van der Waals surface area contributed by atoms with Crippen LogP contribution in [0, 0.1) is 11.8 Å². The zero-order valence-corrected chi connectivity index (χ0v) is 26.0. The molecular formula is C34H47ClN2O4. The second-order valence-electron chi connectivity index (χ2n) is 12.0. The Labute approximate surface area is 251 Å². The number of ether oxygens (including phenoxy) is 1. The summed E-state index contributed by atoms with van der Waals surface area (Å²) in [6.07, 6.45) is 7.63. The van der Waals surface area contributed by atoms with Crippen molar-refractivity contribution in [2.24, 2.45) is 11.8 Å². The van der Waals surface area contributed by atoms with Gasteiger partial charge in [-0.2, -0.15) is 0 Å². The number of carbonyl (C=O) groups excluding carboxylic acids is 1. The van der Waals surface area contributed by atoms with Gasteiger partial charge in [0.15, 0.2) is 0 Å². The predicted molar refractivity (Wildman–Crippen MR) is 167 cm³/mol. The first-order valence-electron chi connectivity index (χ1n) is 15.1.